The Labute approximate surface area is 145 Å². The zero-order chi connectivity index (χ0) is 17.4. The second-order valence-electron chi connectivity index (χ2n) is 6.12. The van der Waals surface area contributed by atoms with Crippen LogP contribution in [-0.2, 0) is 13.1 Å². The van der Waals surface area contributed by atoms with Crippen molar-refractivity contribution in [2.24, 2.45) is 0 Å². The summed E-state index contributed by atoms with van der Waals surface area (Å²) in [4.78, 5) is 2.29. The van der Waals surface area contributed by atoms with Crippen LogP contribution in [0.4, 0.5) is 0 Å². The molecule has 2 aromatic carbocycles. The molecule has 1 N–H and O–H groups in total. The van der Waals surface area contributed by atoms with E-state index in [-0.39, 0.29) is 6.10 Å². The van der Waals surface area contributed by atoms with Crippen molar-refractivity contribution in [1.29, 1.82) is 0 Å². The number of nitrogens with zero attached hydrogens (tertiary/aromatic N) is 1. The number of aliphatic hydroxyl groups is 1. The highest BCUT2D eigenvalue weighted by atomic mass is 16.3. The van der Waals surface area contributed by atoms with Crippen molar-refractivity contribution in [2.75, 3.05) is 6.54 Å². The molecule has 0 radical (unpaired) electrons. The zero-order valence-corrected chi connectivity index (χ0v) is 14.5. The van der Waals surface area contributed by atoms with E-state index in [4.69, 9.17) is 0 Å². The average molecular weight is 321 g/mol. The van der Waals surface area contributed by atoms with E-state index in [9.17, 15) is 5.11 Å². The summed E-state index contributed by atoms with van der Waals surface area (Å²) in [5.41, 5.74) is 4.73. The Hall–Kier alpha value is -2.16. The first-order chi connectivity index (χ1) is 11.6. The fraction of sp³-hybridized carbons (Fsp3) is 0.273. The normalized spacial score (nSPS) is 12.1. The molecule has 2 nitrogen and oxygen atoms in total. The molecule has 0 saturated carbocycles. The molecule has 24 heavy (non-hydrogen) atoms. The van der Waals surface area contributed by atoms with E-state index < -0.39 is 0 Å². The third kappa shape index (κ3) is 5.48. The first-order valence-corrected chi connectivity index (χ1v) is 8.47. The van der Waals surface area contributed by atoms with E-state index in [1.165, 1.54) is 11.1 Å². The largest absolute Gasteiger partial charge is 0.392 e. The summed E-state index contributed by atoms with van der Waals surface area (Å²) in [6.07, 6.45) is 4.17. The van der Waals surface area contributed by atoms with Crippen LogP contribution in [0.5, 0.6) is 0 Å². The molecule has 1 atom stereocenters. The summed E-state index contributed by atoms with van der Waals surface area (Å²) in [6.45, 7) is 11.9. The van der Waals surface area contributed by atoms with Gasteiger partial charge in [-0.15, -0.1) is 0 Å². The molecule has 0 fully saturated rings. The van der Waals surface area contributed by atoms with Crippen LogP contribution in [0.2, 0.25) is 0 Å². The molecule has 2 aromatic rings. The monoisotopic (exact) mass is 321 g/mol. The van der Waals surface area contributed by atoms with E-state index in [1.807, 2.05) is 19.1 Å². The van der Waals surface area contributed by atoms with E-state index >= 15 is 0 Å². The van der Waals surface area contributed by atoms with Crippen molar-refractivity contribution >= 4 is 12.2 Å². The Morgan fingerprint density at radius 1 is 0.875 bits per heavy atom. The number of benzene rings is 2. The van der Waals surface area contributed by atoms with Crippen LogP contribution in [-0.4, -0.2) is 22.7 Å². The Kier molecular flexibility index (Phi) is 6.98. The van der Waals surface area contributed by atoms with Crippen LogP contribution in [0, 0.1) is 0 Å². The van der Waals surface area contributed by atoms with Crippen LogP contribution >= 0.6 is 0 Å². The van der Waals surface area contributed by atoms with E-state index in [0.29, 0.717) is 6.54 Å². The molecule has 0 aliphatic rings. The van der Waals surface area contributed by atoms with Gasteiger partial charge in [0.2, 0.25) is 0 Å². The molecule has 0 bridgehead atoms. The van der Waals surface area contributed by atoms with Crippen molar-refractivity contribution in [3.05, 3.63) is 83.9 Å². The number of rotatable bonds is 9. The summed E-state index contributed by atoms with van der Waals surface area (Å²) in [7, 11) is 0. The minimum atomic E-state index is -0.301. The van der Waals surface area contributed by atoms with Gasteiger partial charge in [-0.25, -0.2) is 0 Å². The predicted octanol–water partition coefficient (Wildman–Crippen LogP) is 4.75. The first kappa shape index (κ1) is 18.2. The van der Waals surface area contributed by atoms with Crippen molar-refractivity contribution < 1.29 is 5.11 Å². The van der Waals surface area contributed by atoms with E-state index in [2.05, 4.69) is 66.6 Å². The maximum absolute atomic E-state index is 10.1. The molecular weight excluding hydrogens is 294 g/mol. The van der Waals surface area contributed by atoms with Gasteiger partial charge in [-0.2, -0.15) is 0 Å². The lowest BCUT2D eigenvalue weighted by atomic mass is 10.1. The maximum atomic E-state index is 10.1. The molecule has 126 valence electrons. The lowest BCUT2D eigenvalue weighted by Gasteiger charge is -2.25. The molecule has 0 heterocycles. The SMILES string of the molecule is C=Cc1ccc(CN(Cc2ccc(C=C)cc2)CC(O)CC)cc1. The second-order valence-corrected chi connectivity index (χ2v) is 6.12. The molecular formula is C22H27NO. The summed E-state index contributed by atoms with van der Waals surface area (Å²) < 4.78 is 0. The molecule has 0 spiro atoms. The number of aliphatic hydroxyl groups excluding tert-OH is 1. The maximum Gasteiger partial charge on any atom is 0.0664 e. The van der Waals surface area contributed by atoms with E-state index in [1.54, 1.807) is 0 Å². The molecule has 0 saturated heterocycles. The highest BCUT2D eigenvalue weighted by molar-refractivity contribution is 5.47. The molecule has 2 heteroatoms. The highest BCUT2D eigenvalue weighted by Gasteiger charge is 2.12. The third-order valence-electron chi connectivity index (χ3n) is 4.18. The van der Waals surface area contributed by atoms with Gasteiger partial charge in [0.1, 0.15) is 0 Å². The topological polar surface area (TPSA) is 23.5 Å². The molecule has 0 aliphatic carbocycles. The van der Waals surface area contributed by atoms with Crippen LogP contribution in [0.1, 0.15) is 35.6 Å². The lowest BCUT2D eigenvalue weighted by molar-refractivity contribution is 0.101. The van der Waals surface area contributed by atoms with Gasteiger partial charge in [0.05, 0.1) is 6.10 Å². The summed E-state index contributed by atoms with van der Waals surface area (Å²) in [5, 5.41) is 10.1. The number of hydrogen-bond acceptors (Lipinski definition) is 2. The lowest BCUT2D eigenvalue weighted by Crippen LogP contribution is -2.31. The van der Waals surface area contributed by atoms with Crippen LogP contribution in [0.15, 0.2) is 61.7 Å². The number of hydrogen-bond donors (Lipinski definition) is 1. The second kappa shape index (κ2) is 9.21. The van der Waals surface area contributed by atoms with Crippen molar-refractivity contribution in [3.8, 4) is 0 Å². The summed E-state index contributed by atoms with van der Waals surface area (Å²) in [5.74, 6) is 0. The van der Waals surface area contributed by atoms with Gasteiger partial charge >= 0.3 is 0 Å². The smallest absolute Gasteiger partial charge is 0.0664 e. The molecule has 0 aliphatic heterocycles. The Balaban J connectivity index is 2.09. The van der Waals surface area contributed by atoms with Crippen LogP contribution < -0.4 is 0 Å². The summed E-state index contributed by atoms with van der Waals surface area (Å²) in [6, 6.07) is 16.8. The van der Waals surface area contributed by atoms with Gasteiger partial charge in [-0.3, -0.25) is 4.90 Å². The van der Waals surface area contributed by atoms with Gasteiger partial charge in [0, 0.05) is 19.6 Å². The summed E-state index contributed by atoms with van der Waals surface area (Å²) >= 11 is 0. The fourth-order valence-electron chi connectivity index (χ4n) is 2.65. The van der Waals surface area contributed by atoms with Gasteiger partial charge in [0.15, 0.2) is 0 Å². The molecule has 0 amide bonds. The fourth-order valence-corrected chi connectivity index (χ4v) is 2.65. The Morgan fingerprint density at radius 2 is 1.29 bits per heavy atom. The molecule has 1 unspecified atom stereocenters. The van der Waals surface area contributed by atoms with Gasteiger partial charge in [-0.1, -0.05) is 80.8 Å². The predicted molar refractivity (Wildman–Crippen MR) is 103 cm³/mol. The van der Waals surface area contributed by atoms with E-state index in [0.717, 1.165) is 30.6 Å². The average Bonchev–Trinajstić information content (AvgIpc) is 2.62. The van der Waals surface area contributed by atoms with Gasteiger partial charge in [0.25, 0.3) is 0 Å². The standard InChI is InChI=1S/C22H27NO/c1-4-18-7-11-20(12-8-18)15-23(17-22(24)6-3)16-21-13-9-19(5-2)10-14-21/h4-5,7-14,22,24H,1-2,6,15-17H2,3H3. The van der Waals surface area contributed by atoms with Crippen LogP contribution in [0.3, 0.4) is 0 Å². The Bertz CT molecular complexity index is 589. The van der Waals surface area contributed by atoms with Crippen molar-refractivity contribution in [3.63, 3.8) is 0 Å². The first-order valence-electron chi connectivity index (χ1n) is 8.47. The molecule has 2 rings (SSSR count). The van der Waals surface area contributed by atoms with Crippen molar-refractivity contribution in [2.45, 2.75) is 32.5 Å². The van der Waals surface area contributed by atoms with Crippen LogP contribution in [0.25, 0.3) is 12.2 Å². The minimum Gasteiger partial charge on any atom is -0.392 e. The quantitative estimate of drug-likeness (QED) is 0.721. The molecule has 0 aromatic heterocycles. The zero-order valence-electron chi connectivity index (χ0n) is 14.5. The third-order valence-corrected chi connectivity index (χ3v) is 4.18. The minimum absolute atomic E-state index is 0.301. The van der Waals surface area contributed by atoms with Gasteiger partial charge in [-0.05, 0) is 28.7 Å². The highest BCUT2D eigenvalue weighted by Crippen LogP contribution is 2.14. The van der Waals surface area contributed by atoms with Crippen molar-refractivity contribution in [1.82, 2.24) is 4.90 Å². The van der Waals surface area contributed by atoms with Gasteiger partial charge < -0.3 is 5.11 Å². The Morgan fingerprint density at radius 3 is 1.62 bits per heavy atom.